The van der Waals surface area contributed by atoms with Gasteiger partial charge >= 0.3 is 11.9 Å². The van der Waals surface area contributed by atoms with Crippen LogP contribution in [0, 0.1) is 0 Å². The maximum Gasteiger partial charge on any atom is 0.343 e. The van der Waals surface area contributed by atoms with E-state index in [4.69, 9.17) is 14.6 Å². The fourth-order valence-corrected chi connectivity index (χ4v) is 2.34. The van der Waals surface area contributed by atoms with Gasteiger partial charge in [0.1, 0.15) is 11.5 Å². The van der Waals surface area contributed by atoms with E-state index in [1.807, 2.05) is 0 Å². The average molecular weight is 368 g/mol. The van der Waals surface area contributed by atoms with Crippen molar-refractivity contribution in [2.45, 2.75) is 32.6 Å². The zero-order valence-corrected chi connectivity index (χ0v) is 15.4. The van der Waals surface area contributed by atoms with Crippen LogP contribution in [0.3, 0.4) is 0 Å². The Labute approximate surface area is 159 Å². The lowest BCUT2D eigenvalue weighted by Crippen LogP contribution is -2.08. The summed E-state index contributed by atoms with van der Waals surface area (Å²) < 4.78 is 11.0. The third kappa shape index (κ3) is 7.36. The van der Waals surface area contributed by atoms with Gasteiger partial charge in [0.05, 0.1) is 18.6 Å². The number of carbonyl (C=O) groups is 2. The van der Waals surface area contributed by atoms with E-state index in [9.17, 15) is 9.59 Å². The quantitative estimate of drug-likeness (QED) is 0.364. The molecule has 1 N–H and O–H groups in total. The molecule has 0 amide bonds. The van der Waals surface area contributed by atoms with Crippen molar-refractivity contribution in [3.05, 3.63) is 65.7 Å². The van der Waals surface area contributed by atoms with Crippen LogP contribution in [-0.4, -0.2) is 23.7 Å². The highest BCUT2D eigenvalue weighted by atomic mass is 16.5. The van der Waals surface area contributed by atoms with Crippen LogP contribution in [0.2, 0.25) is 0 Å². The molecule has 5 heteroatoms. The monoisotopic (exact) mass is 368 g/mol. The topological polar surface area (TPSA) is 72.8 Å². The number of benzene rings is 2. The van der Waals surface area contributed by atoms with E-state index in [-0.39, 0.29) is 6.42 Å². The predicted octanol–water partition coefficient (Wildman–Crippen LogP) is 4.96. The van der Waals surface area contributed by atoms with Crippen molar-refractivity contribution >= 4 is 18.0 Å². The standard InChI is InChI=1S/C22H24O5/c1-2-3-4-16-26-19-14-10-18(11-15-19)22(25)27-20-12-8-17(9-13-20)6-5-7-21(23)24/h5-6,8-15H,2-4,7,16H2,1H3,(H,23,24). The second-order valence-electron chi connectivity index (χ2n) is 6.04. The van der Waals surface area contributed by atoms with Gasteiger partial charge < -0.3 is 14.6 Å². The van der Waals surface area contributed by atoms with Crippen molar-refractivity contribution in [2.24, 2.45) is 0 Å². The van der Waals surface area contributed by atoms with Gasteiger partial charge in [-0.3, -0.25) is 4.79 Å². The number of esters is 1. The van der Waals surface area contributed by atoms with Gasteiger partial charge in [-0.15, -0.1) is 0 Å². The highest BCUT2D eigenvalue weighted by molar-refractivity contribution is 5.91. The highest BCUT2D eigenvalue weighted by Crippen LogP contribution is 2.17. The molecule has 0 atom stereocenters. The van der Waals surface area contributed by atoms with E-state index in [1.54, 1.807) is 60.7 Å². The number of hydrogen-bond acceptors (Lipinski definition) is 4. The summed E-state index contributed by atoms with van der Waals surface area (Å²) in [5.74, 6) is -0.161. The summed E-state index contributed by atoms with van der Waals surface area (Å²) in [6.07, 6.45) is 6.54. The molecule has 0 fully saturated rings. The van der Waals surface area contributed by atoms with Crippen LogP contribution < -0.4 is 9.47 Å². The first-order valence-electron chi connectivity index (χ1n) is 9.02. The Balaban J connectivity index is 1.87. The van der Waals surface area contributed by atoms with Crippen LogP contribution in [0.1, 0.15) is 48.5 Å². The summed E-state index contributed by atoms with van der Waals surface area (Å²) in [5, 5.41) is 8.61. The van der Waals surface area contributed by atoms with E-state index in [0.717, 1.165) is 30.6 Å². The van der Waals surface area contributed by atoms with Gasteiger partial charge in [0, 0.05) is 0 Å². The van der Waals surface area contributed by atoms with Crippen LogP contribution in [0.15, 0.2) is 54.6 Å². The van der Waals surface area contributed by atoms with Gasteiger partial charge in [-0.05, 0) is 48.4 Å². The normalized spacial score (nSPS) is 10.7. The molecule has 0 radical (unpaired) electrons. The van der Waals surface area contributed by atoms with Crippen LogP contribution in [0.25, 0.3) is 6.08 Å². The minimum atomic E-state index is -0.880. The summed E-state index contributed by atoms with van der Waals surface area (Å²) in [4.78, 5) is 22.7. The number of carbonyl (C=O) groups excluding carboxylic acids is 1. The average Bonchev–Trinajstić information content (AvgIpc) is 2.67. The molecule has 0 unspecified atom stereocenters. The molecule has 0 saturated heterocycles. The molecule has 2 aromatic carbocycles. The van der Waals surface area contributed by atoms with Crippen molar-refractivity contribution in [2.75, 3.05) is 6.61 Å². The zero-order chi connectivity index (χ0) is 19.5. The molecule has 0 aromatic heterocycles. The molecule has 2 rings (SSSR count). The van der Waals surface area contributed by atoms with E-state index in [2.05, 4.69) is 6.92 Å². The summed E-state index contributed by atoms with van der Waals surface area (Å²) in [7, 11) is 0. The fraction of sp³-hybridized carbons (Fsp3) is 0.273. The lowest BCUT2D eigenvalue weighted by molar-refractivity contribution is -0.135. The largest absolute Gasteiger partial charge is 0.494 e. The van der Waals surface area contributed by atoms with Crippen LogP contribution in [0.4, 0.5) is 0 Å². The smallest absolute Gasteiger partial charge is 0.343 e. The Hall–Kier alpha value is -3.08. The number of hydrogen-bond donors (Lipinski definition) is 1. The van der Waals surface area contributed by atoms with Gasteiger partial charge in [0.25, 0.3) is 0 Å². The van der Waals surface area contributed by atoms with E-state index in [1.165, 1.54) is 0 Å². The fourth-order valence-electron chi connectivity index (χ4n) is 2.34. The summed E-state index contributed by atoms with van der Waals surface area (Å²) >= 11 is 0. The lowest BCUT2D eigenvalue weighted by Gasteiger charge is -2.07. The number of aliphatic carboxylic acids is 1. The molecule has 0 saturated carbocycles. The van der Waals surface area contributed by atoms with Gasteiger partial charge in [-0.1, -0.05) is 44.1 Å². The minimum absolute atomic E-state index is 0.0327. The second-order valence-corrected chi connectivity index (χ2v) is 6.04. The van der Waals surface area contributed by atoms with Gasteiger partial charge in [0.2, 0.25) is 0 Å². The second kappa shape index (κ2) is 10.8. The molecule has 0 heterocycles. The first-order valence-corrected chi connectivity index (χ1v) is 9.02. The van der Waals surface area contributed by atoms with Crippen molar-refractivity contribution in [3.63, 3.8) is 0 Å². The van der Waals surface area contributed by atoms with Gasteiger partial charge in [-0.2, -0.15) is 0 Å². The summed E-state index contributed by atoms with van der Waals surface area (Å²) in [6.45, 7) is 2.81. The number of rotatable bonds is 10. The summed E-state index contributed by atoms with van der Waals surface area (Å²) in [6, 6.07) is 13.7. The molecule has 0 aliphatic rings. The number of unbranched alkanes of at least 4 members (excludes halogenated alkanes) is 2. The Morgan fingerprint density at radius 1 is 0.963 bits per heavy atom. The van der Waals surface area contributed by atoms with E-state index >= 15 is 0 Å². The maximum absolute atomic E-state index is 12.2. The molecule has 2 aromatic rings. The van der Waals surface area contributed by atoms with E-state index in [0.29, 0.717) is 17.9 Å². The molecule has 5 nitrogen and oxygen atoms in total. The molecule has 0 aliphatic heterocycles. The molecule has 0 bridgehead atoms. The van der Waals surface area contributed by atoms with Crippen LogP contribution in [0.5, 0.6) is 11.5 Å². The molecule has 27 heavy (non-hydrogen) atoms. The van der Waals surface area contributed by atoms with Crippen LogP contribution in [-0.2, 0) is 4.79 Å². The predicted molar refractivity (Wildman–Crippen MR) is 104 cm³/mol. The maximum atomic E-state index is 12.2. The van der Waals surface area contributed by atoms with Gasteiger partial charge in [-0.25, -0.2) is 4.79 Å². The first-order chi connectivity index (χ1) is 13.1. The Morgan fingerprint density at radius 2 is 1.63 bits per heavy atom. The van der Waals surface area contributed by atoms with E-state index < -0.39 is 11.9 Å². The third-order valence-corrected chi connectivity index (χ3v) is 3.80. The minimum Gasteiger partial charge on any atom is -0.494 e. The molecule has 0 aliphatic carbocycles. The number of carboxylic acids is 1. The van der Waals surface area contributed by atoms with Crippen molar-refractivity contribution in [3.8, 4) is 11.5 Å². The zero-order valence-electron chi connectivity index (χ0n) is 15.4. The Bertz CT molecular complexity index is 760. The third-order valence-electron chi connectivity index (χ3n) is 3.80. The molecular formula is C22H24O5. The highest BCUT2D eigenvalue weighted by Gasteiger charge is 2.08. The molecule has 0 spiro atoms. The first kappa shape index (κ1) is 20.2. The van der Waals surface area contributed by atoms with Gasteiger partial charge in [0.15, 0.2) is 0 Å². The number of carboxylic acid groups (broad SMARTS) is 1. The van der Waals surface area contributed by atoms with Crippen LogP contribution >= 0.6 is 0 Å². The Morgan fingerprint density at radius 3 is 2.26 bits per heavy atom. The summed E-state index contributed by atoms with van der Waals surface area (Å²) in [5.41, 5.74) is 1.28. The number of ether oxygens (including phenoxy) is 2. The lowest BCUT2D eigenvalue weighted by atomic mass is 10.2. The SMILES string of the molecule is CCCCCOc1ccc(C(=O)Oc2ccc(C=CCC(=O)O)cc2)cc1. The van der Waals surface area contributed by atoms with Crippen molar-refractivity contribution in [1.29, 1.82) is 0 Å². The molecular weight excluding hydrogens is 344 g/mol. The van der Waals surface area contributed by atoms with Crippen molar-refractivity contribution < 1.29 is 24.2 Å². The Kier molecular flexibility index (Phi) is 8.10. The van der Waals surface area contributed by atoms with Crippen molar-refractivity contribution in [1.82, 2.24) is 0 Å². The molecule has 142 valence electrons.